The lowest BCUT2D eigenvalue weighted by molar-refractivity contribution is 0.0766. The fourth-order valence-electron chi connectivity index (χ4n) is 5.68. The third kappa shape index (κ3) is 3.79. The van der Waals surface area contributed by atoms with Crippen molar-refractivity contribution in [3.63, 3.8) is 0 Å². The van der Waals surface area contributed by atoms with Crippen LogP contribution >= 0.6 is 0 Å². The van der Waals surface area contributed by atoms with E-state index in [1.54, 1.807) is 19.5 Å². The predicted molar refractivity (Wildman–Crippen MR) is 135 cm³/mol. The summed E-state index contributed by atoms with van der Waals surface area (Å²) in [6, 6.07) is 13.4. The highest BCUT2D eigenvalue weighted by Gasteiger charge is 2.36. The maximum atomic E-state index is 13.5. The van der Waals surface area contributed by atoms with E-state index in [1.807, 2.05) is 53.1 Å². The van der Waals surface area contributed by atoms with Crippen LogP contribution in [-0.4, -0.2) is 34.9 Å². The topological polar surface area (TPSA) is 72.0 Å². The molecule has 7 nitrogen and oxygen atoms in total. The normalized spacial score (nSPS) is 19.1. The Kier molecular flexibility index (Phi) is 5.63. The molecule has 0 saturated heterocycles. The molecule has 3 heterocycles. The molecule has 7 heteroatoms. The van der Waals surface area contributed by atoms with Gasteiger partial charge >= 0.3 is 0 Å². The molecule has 3 aliphatic rings. The maximum Gasteiger partial charge on any atom is 0.259 e. The predicted octanol–water partition coefficient (Wildman–Crippen LogP) is 5.29. The van der Waals surface area contributed by atoms with Crippen molar-refractivity contribution in [2.24, 2.45) is 0 Å². The van der Waals surface area contributed by atoms with Crippen molar-refractivity contribution in [1.82, 2.24) is 9.88 Å². The highest BCUT2D eigenvalue weighted by atomic mass is 16.5. The lowest BCUT2D eigenvalue weighted by Gasteiger charge is -2.24. The summed E-state index contributed by atoms with van der Waals surface area (Å²) < 4.78 is 11.8. The molecule has 1 saturated carbocycles. The van der Waals surface area contributed by atoms with E-state index in [0.29, 0.717) is 35.7 Å². The molecular formula is C29H29N3O4. The molecule has 0 radical (unpaired) electrons. The van der Waals surface area contributed by atoms with E-state index in [9.17, 15) is 9.59 Å². The van der Waals surface area contributed by atoms with Crippen molar-refractivity contribution in [2.45, 2.75) is 57.8 Å². The summed E-state index contributed by atoms with van der Waals surface area (Å²) in [6.07, 6.45) is 7.99. The van der Waals surface area contributed by atoms with Crippen LogP contribution in [0.25, 0.3) is 0 Å². The molecule has 184 valence electrons. The second-order valence-corrected chi connectivity index (χ2v) is 9.83. The Morgan fingerprint density at radius 2 is 1.81 bits per heavy atom. The number of nitrogens with zero attached hydrogens (tertiary/aromatic N) is 3. The Morgan fingerprint density at radius 1 is 0.972 bits per heavy atom. The summed E-state index contributed by atoms with van der Waals surface area (Å²) in [7, 11) is 1.64. The molecule has 0 N–H and O–H groups in total. The summed E-state index contributed by atoms with van der Waals surface area (Å²) in [6.45, 7) is 3.10. The van der Waals surface area contributed by atoms with Gasteiger partial charge in [-0.05, 0) is 73.6 Å². The first-order chi connectivity index (χ1) is 17.5. The summed E-state index contributed by atoms with van der Waals surface area (Å²) in [5.41, 5.74) is 5.13. The number of hydrogen-bond acceptors (Lipinski definition) is 5. The summed E-state index contributed by atoms with van der Waals surface area (Å²) in [5, 5.41) is 0. The van der Waals surface area contributed by atoms with E-state index in [4.69, 9.17) is 9.47 Å². The fraction of sp³-hybridized carbons (Fsp3) is 0.345. The van der Waals surface area contributed by atoms with E-state index in [0.717, 1.165) is 35.2 Å². The highest BCUT2D eigenvalue weighted by molar-refractivity contribution is 6.11. The van der Waals surface area contributed by atoms with Crippen LogP contribution in [0.5, 0.6) is 11.5 Å². The Hall–Kier alpha value is -3.87. The van der Waals surface area contributed by atoms with Crippen LogP contribution in [0.2, 0.25) is 0 Å². The van der Waals surface area contributed by atoms with E-state index in [-0.39, 0.29) is 24.0 Å². The first-order valence-corrected chi connectivity index (χ1v) is 12.6. The number of amides is 2. The van der Waals surface area contributed by atoms with Crippen LogP contribution < -0.4 is 14.4 Å². The van der Waals surface area contributed by atoms with Gasteiger partial charge in [-0.2, -0.15) is 0 Å². The molecule has 1 aromatic heterocycles. The van der Waals surface area contributed by atoms with Crippen molar-refractivity contribution >= 4 is 17.5 Å². The largest absolute Gasteiger partial charge is 0.493 e. The van der Waals surface area contributed by atoms with Crippen LogP contribution in [0.3, 0.4) is 0 Å². The molecule has 0 spiro atoms. The number of rotatable bonds is 6. The summed E-state index contributed by atoms with van der Waals surface area (Å²) >= 11 is 0. The third-order valence-corrected chi connectivity index (χ3v) is 7.59. The number of anilines is 1. The van der Waals surface area contributed by atoms with Crippen LogP contribution in [0, 0.1) is 0 Å². The summed E-state index contributed by atoms with van der Waals surface area (Å²) in [5.74, 6) is 1.32. The Labute approximate surface area is 210 Å². The van der Waals surface area contributed by atoms with E-state index < -0.39 is 0 Å². The van der Waals surface area contributed by atoms with Gasteiger partial charge < -0.3 is 19.3 Å². The minimum Gasteiger partial charge on any atom is -0.493 e. The number of benzene rings is 2. The van der Waals surface area contributed by atoms with Gasteiger partial charge in [-0.15, -0.1) is 0 Å². The van der Waals surface area contributed by atoms with Gasteiger partial charge in [0.2, 0.25) is 0 Å². The smallest absolute Gasteiger partial charge is 0.259 e. The van der Waals surface area contributed by atoms with Gasteiger partial charge in [0, 0.05) is 42.8 Å². The van der Waals surface area contributed by atoms with E-state index >= 15 is 0 Å². The van der Waals surface area contributed by atoms with E-state index in [2.05, 4.69) is 11.1 Å². The van der Waals surface area contributed by atoms with Crippen LogP contribution in [0.4, 0.5) is 5.69 Å². The number of pyridine rings is 1. The molecule has 2 aromatic carbocycles. The molecule has 6 rings (SSSR count). The van der Waals surface area contributed by atoms with Crippen molar-refractivity contribution < 1.29 is 19.1 Å². The van der Waals surface area contributed by atoms with Gasteiger partial charge in [-0.1, -0.05) is 12.1 Å². The van der Waals surface area contributed by atoms with Crippen molar-refractivity contribution in [2.75, 3.05) is 12.0 Å². The van der Waals surface area contributed by atoms with Crippen molar-refractivity contribution in [3.05, 3.63) is 82.7 Å². The zero-order valence-electron chi connectivity index (χ0n) is 20.6. The molecule has 1 aliphatic carbocycles. The average Bonchev–Trinajstić information content (AvgIpc) is 3.58. The molecule has 2 amide bonds. The number of aromatic nitrogens is 1. The number of carbonyl (C=O) groups excluding carboxylic acids is 2. The van der Waals surface area contributed by atoms with E-state index in [1.165, 1.54) is 12.8 Å². The quantitative estimate of drug-likeness (QED) is 0.477. The molecule has 3 aromatic rings. The Morgan fingerprint density at radius 3 is 2.58 bits per heavy atom. The molecule has 36 heavy (non-hydrogen) atoms. The molecule has 1 unspecified atom stereocenters. The van der Waals surface area contributed by atoms with Gasteiger partial charge in [-0.25, -0.2) is 0 Å². The van der Waals surface area contributed by atoms with Gasteiger partial charge in [0.25, 0.3) is 11.8 Å². The second kappa shape index (κ2) is 8.97. The van der Waals surface area contributed by atoms with Gasteiger partial charge in [0.05, 0.1) is 24.8 Å². The molecular weight excluding hydrogens is 454 g/mol. The fourth-order valence-corrected chi connectivity index (χ4v) is 5.68. The van der Waals surface area contributed by atoms with Crippen LogP contribution in [0.1, 0.15) is 76.1 Å². The zero-order chi connectivity index (χ0) is 24.8. The number of fused-ring (bicyclic) bond motifs is 2. The monoisotopic (exact) mass is 483 g/mol. The number of carbonyl (C=O) groups is 2. The standard InChI is InChI=1S/C29H29N3O4/c1-18-24-13-19(16-31-17-20-11-12-30-15-25(20)28(31)33)7-9-23(24)29(34)32(18)21-8-10-26(35-2)27(14-21)36-22-5-3-4-6-22/h7-15,18,22H,3-6,16-17H2,1-2H3. The Bertz CT molecular complexity index is 1350. The first kappa shape index (κ1) is 22.6. The molecule has 1 atom stereocenters. The lowest BCUT2D eigenvalue weighted by Crippen LogP contribution is -2.26. The molecule has 1 fully saturated rings. The van der Waals surface area contributed by atoms with Gasteiger partial charge in [0.1, 0.15) is 0 Å². The van der Waals surface area contributed by atoms with Crippen LogP contribution in [-0.2, 0) is 13.1 Å². The van der Waals surface area contributed by atoms with Crippen molar-refractivity contribution in [3.8, 4) is 11.5 Å². The van der Waals surface area contributed by atoms with Crippen LogP contribution in [0.15, 0.2) is 54.9 Å². The minimum atomic E-state index is -0.143. The molecule has 0 bridgehead atoms. The summed E-state index contributed by atoms with van der Waals surface area (Å²) in [4.78, 5) is 34.0. The van der Waals surface area contributed by atoms with Crippen molar-refractivity contribution in [1.29, 1.82) is 0 Å². The molecule has 2 aliphatic heterocycles. The Balaban J connectivity index is 1.25. The SMILES string of the molecule is COc1ccc(N2C(=O)c3ccc(CN4Cc5ccncc5C4=O)cc3C2C)cc1OC1CCCC1. The number of ether oxygens (including phenoxy) is 2. The van der Waals surface area contributed by atoms with Gasteiger partial charge in [-0.3, -0.25) is 14.6 Å². The maximum absolute atomic E-state index is 13.5. The van der Waals surface area contributed by atoms with Gasteiger partial charge in [0.15, 0.2) is 11.5 Å². The minimum absolute atomic E-state index is 0.00243. The third-order valence-electron chi connectivity index (χ3n) is 7.59. The number of methoxy groups -OCH3 is 1. The zero-order valence-corrected chi connectivity index (χ0v) is 20.6. The highest BCUT2D eigenvalue weighted by Crippen LogP contribution is 2.42. The lowest BCUT2D eigenvalue weighted by atomic mass is 10.0. The second-order valence-electron chi connectivity index (χ2n) is 9.83. The first-order valence-electron chi connectivity index (χ1n) is 12.6. The number of hydrogen-bond donors (Lipinski definition) is 0. The average molecular weight is 484 g/mol.